The molecule has 25 heavy (non-hydrogen) atoms. The van der Waals surface area contributed by atoms with Crippen molar-refractivity contribution in [2.45, 2.75) is 69.9 Å². The summed E-state index contributed by atoms with van der Waals surface area (Å²) in [5.74, 6) is 1.84. The average molecular weight is 362 g/mol. The standard InChI is InChI=1S/C21H31NO2S/c1-6-20(3,4)16-11-13-21(14-12-16)22(19(23)15(2)25-21)17-7-9-18(24-5)10-8-17/h7-10,15-16H,6,11-14H2,1-5H3/t15-,16?,21?/m1/s1. The number of ether oxygens (including phenoxy) is 1. The molecule has 1 amide bonds. The maximum atomic E-state index is 12.9. The van der Waals surface area contributed by atoms with Crippen molar-refractivity contribution < 1.29 is 9.53 Å². The highest BCUT2D eigenvalue weighted by Gasteiger charge is 2.53. The van der Waals surface area contributed by atoms with Gasteiger partial charge in [0.15, 0.2) is 0 Å². The van der Waals surface area contributed by atoms with Crippen LogP contribution in [0.3, 0.4) is 0 Å². The summed E-state index contributed by atoms with van der Waals surface area (Å²) >= 11 is 1.88. The molecule has 4 heteroatoms. The maximum absolute atomic E-state index is 12.9. The van der Waals surface area contributed by atoms with Gasteiger partial charge >= 0.3 is 0 Å². The van der Waals surface area contributed by atoms with Gasteiger partial charge in [0.2, 0.25) is 5.91 Å². The topological polar surface area (TPSA) is 29.5 Å². The van der Waals surface area contributed by atoms with E-state index in [-0.39, 0.29) is 16.0 Å². The Kier molecular flexibility index (Phi) is 5.11. The summed E-state index contributed by atoms with van der Waals surface area (Å²) in [6.07, 6.45) is 5.82. The third-order valence-electron chi connectivity index (χ3n) is 6.49. The first-order chi connectivity index (χ1) is 11.8. The Balaban J connectivity index is 1.85. The van der Waals surface area contributed by atoms with Crippen molar-refractivity contribution in [2.75, 3.05) is 12.0 Å². The van der Waals surface area contributed by atoms with Gasteiger partial charge in [0, 0.05) is 5.69 Å². The van der Waals surface area contributed by atoms with Crippen LogP contribution < -0.4 is 9.64 Å². The summed E-state index contributed by atoms with van der Waals surface area (Å²) in [6.45, 7) is 9.14. The summed E-state index contributed by atoms with van der Waals surface area (Å²) in [6, 6.07) is 7.96. The molecule has 0 unspecified atom stereocenters. The van der Waals surface area contributed by atoms with E-state index >= 15 is 0 Å². The quantitative estimate of drug-likeness (QED) is 0.710. The van der Waals surface area contributed by atoms with E-state index in [2.05, 4.69) is 32.6 Å². The molecule has 1 aromatic carbocycles. The molecule has 2 fully saturated rings. The van der Waals surface area contributed by atoms with Crippen molar-refractivity contribution in [3.05, 3.63) is 24.3 Å². The Morgan fingerprint density at radius 1 is 1.24 bits per heavy atom. The van der Waals surface area contributed by atoms with Crippen LogP contribution in [0.4, 0.5) is 5.69 Å². The van der Waals surface area contributed by atoms with Crippen LogP contribution in [0.25, 0.3) is 0 Å². The largest absolute Gasteiger partial charge is 0.497 e. The van der Waals surface area contributed by atoms with Gasteiger partial charge in [-0.3, -0.25) is 9.69 Å². The maximum Gasteiger partial charge on any atom is 0.241 e. The summed E-state index contributed by atoms with van der Waals surface area (Å²) in [5, 5.41) is 0.0397. The Labute approximate surface area is 156 Å². The molecule has 1 aromatic rings. The van der Waals surface area contributed by atoms with Crippen LogP contribution >= 0.6 is 11.8 Å². The van der Waals surface area contributed by atoms with Crippen molar-refractivity contribution in [3.8, 4) is 5.75 Å². The number of nitrogens with zero attached hydrogens (tertiary/aromatic N) is 1. The summed E-state index contributed by atoms with van der Waals surface area (Å²) < 4.78 is 5.27. The number of hydrogen-bond donors (Lipinski definition) is 0. The number of thioether (sulfide) groups is 1. The predicted molar refractivity (Wildman–Crippen MR) is 106 cm³/mol. The lowest BCUT2D eigenvalue weighted by Crippen LogP contribution is -2.48. The molecule has 3 rings (SSSR count). The van der Waals surface area contributed by atoms with E-state index in [1.165, 1.54) is 19.3 Å². The van der Waals surface area contributed by atoms with Crippen LogP contribution in [-0.4, -0.2) is 23.1 Å². The van der Waals surface area contributed by atoms with E-state index in [0.717, 1.165) is 30.2 Å². The van der Waals surface area contributed by atoms with E-state index in [9.17, 15) is 4.79 Å². The minimum atomic E-state index is -0.0641. The van der Waals surface area contributed by atoms with Gasteiger partial charge in [0.05, 0.1) is 17.2 Å². The lowest BCUT2D eigenvalue weighted by atomic mass is 9.68. The number of amides is 1. The Morgan fingerprint density at radius 3 is 2.36 bits per heavy atom. The van der Waals surface area contributed by atoms with Crippen molar-refractivity contribution in [3.63, 3.8) is 0 Å². The van der Waals surface area contributed by atoms with E-state index in [0.29, 0.717) is 5.41 Å². The van der Waals surface area contributed by atoms with E-state index in [4.69, 9.17) is 4.74 Å². The van der Waals surface area contributed by atoms with Gasteiger partial charge in [-0.05, 0) is 68.2 Å². The number of carbonyl (C=O) groups excluding carboxylic acids is 1. The highest BCUT2D eigenvalue weighted by Crippen LogP contribution is 2.55. The zero-order valence-electron chi connectivity index (χ0n) is 16.2. The molecule has 1 aliphatic carbocycles. The van der Waals surface area contributed by atoms with Gasteiger partial charge < -0.3 is 4.74 Å². The Morgan fingerprint density at radius 2 is 1.84 bits per heavy atom. The fraction of sp³-hybridized carbons (Fsp3) is 0.667. The third kappa shape index (κ3) is 3.30. The summed E-state index contributed by atoms with van der Waals surface area (Å²) in [7, 11) is 1.67. The summed E-state index contributed by atoms with van der Waals surface area (Å²) in [5.41, 5.74) is 1.40. The second-order valence-corrected chi connectivity index (χ2v) is 9.90. The van der Waals surface area contributed by atoms with Crippen molar-refractivity contribution in [2.24, 2.45) is 11.3 Å². The second-order valence-electron chi connectivity index (χ2n) is 8.19. The number of hydrogen-bond acceptors (Lipinski definition) is 3. The van der Waals surface area contributed by atoms with Gasteiger partial charge in [-0.2, -0.15) is 0 Å². The Hall–Kier alpha value is -1.16. The molecular formula is C21H31NO2S. The molecule has 3 nitrogen and oxygen atoms in total. The fourth-order valence-electron chi connectivity index (χ4n) is 4.39. The zero-order chi connectivity index (χ0) is 18.2. The van der Waals surface area contributed by atoms with Gasteiger partial charge in [-0.15, -0.1) is 11.8 Å². The smallest absolute Gasteiger partial charge is 0.241 e. The lowest BCUT2D eigenvalue weighted by molar-refractivity contribution is -0.118. The van der Waals surface area contributed by atoms with E-state index in [1.54, 1.807) is 7.11 Å². The summed E-state index contributed by atoms with van der Waals surface area (Å²) in [4.78, 5) is 15.0. The highest BCUT2D eigenvalue weighted by molar-refractivity contribution is 8.02. The molecule has 0 N–H and O–H groups in total. The first kappa shape index (κ1) is 18.6. The van der Waals surface area contributed by atoms with Gasteiger partial charge in [0.1, 0.15) is 5.75 Å². The van der Waals surface area contributed by atoms with Crippen LogP contribution in [0, 0.1) is 11.3 Å². The highest BCUT2D eigenvalue weighted by atomic mass is 32.2. The molecule has 1 aliphatic heterocycles. The molecule has 1 atom stereocenters. The molecule has 0 aromatic heterocycles. The minimum Gasteiger partial charge on any atom is -0.497 e. The molecule has 0 radical (unpaired) electrons. The van der Waals surface area contributed by atoms with Gasteiger partial charge in [0.25, 0.3) is 0 Å². The Bertz CT molecular complexity index is 617. The number of anilines is 1. The molecule has 0 bridgehead atoms. The fourth-order valence-corrected chi connectivity index (χ4v) is 6.03. The van der Waals surface area contributed by atoms with Crippen molar-refractivity contribution in [1.82, 2.24) is 0 Å². The van der Waals surface area contributed by atoms with Crippen molar-refractivity contribution in [1.29, 1.82) is 0 Å². The first-order valence-electron chi connectivity index (χ1n) is 9.49. The van der Waals surface area contributed by atoms with Crippen LogP contribution in [-0.2, 0) is 4.79 Å². The molecule has 2 aliphatic rings. The number of rotatable bonds is 4. The van der Waals surface area contributed by atoms with Gasteiger partial charge in [-0.25, -0.2) is 0 Å². The third-order valence-corrected chi connectivity index (χ3v) is 8.07. The average Bonchev–Trinajstić information content (AvgIpc) is 2.85. The first-order valence-corrected chi connectivity index (χ1v) is 10.4. The molecule has 138 valence electrons. The van der Waals surface area contributed by atoms with Crippen molar-refractivity contribution >= 4 is 23.4 Å². The predicted octanol–water partition coefficient (Wildman–Crippen LogP) is 5.49. The van der Waals surface area contributed by atoms with Crippen LogP contribution in [0.15, 0.2) is 24.3 Å². The van der Waals surface area contributed by atoms with Crippen LogP contribution in [0.2, 0.25) is 0 Å². The van der Waals surface area contributed by atoms with Crippen LogP contribution in [0.5, 0.6) is 5.75 Å². The number of benzene rings is 1. The minimum absolute atomic E-state index is 0.0397. The number of methoxy groups -OCH3 is 1. The second kappa shape index (κ2) is 6.86. The van der Waals surface area contributed by atoms with Crippen LogP contribution in [0.1, 0.15) is 59.8 Å². The molecule has 1 saturated carbocycles. The normalized spacial score (nSPS) is 30.1. The van der Waals surface area contributed by atoms with E-state index < -0.39 is 0 Å². The monoisotopic (exact) mass is 361 g/mol. The molecule has 1 spiro atoms. The lowest BCUT2D eigenvalue weighted by Gasteiger charge is -2.46. The molecular weight excluding hydrogens is 330 g/mol. The SMILES string of the molecule is CCC(C)(C)C1CCC2(CC1)S[C@H](C)C(=O)N2c1ccc(OC)cc1. The van der Waals surface area contributed by atoms with Gasteiger partial charge in [-0.1, -0.05) is 27.2 Å². The zero-order valence-corrected chi connectivity index (χ0v) is 17.0. The molecule has 1 saturated heterocycles. The number of carbonyl (C=O) groups is 1. The molecule has 1 heterocycles. The van der Waals surface area contributed by atoms with E-state index in [1.807, 2.05) is 36.0 Å².